The van der Waals surface area contributed by atoms with Gasteiger partial charge in [0.25, 0.3) is 0 Å². The molecule has 3 aromatic rings. The minimum Gasteiger partial charge on any atom is -0.236 e. The van der Waals surface area contributed by atoms with Crippen molar-refractivity contribution in [1.82, 2.24) is 45.8 Å². The maximum Gasteiger partial charge on any atom is 0.244 e. The second-order valence-electron chi connectivity index (χ2n) is 3.73. The second-order valence-corrected chi connectivity index (χ2v) is 3.73. The standard InChI is InChI=1S/C8H11N10/c1(7-9-13-14-10-7)2-17-3-4-18(6-17)5-8-11-15-16-12-8/h3-4,6H,1-2,5H2,(H,9,10,13,14)(H,11,12,15,16)/q+1. The van der Waals surface area contributed by atoms with Crippen LogP contribution in [-0.4, -0.2) is 45.8 Å². The van der Waals surface area contributed by atoms with E-state index in [9.17, 15) is 0 Å². The Morgan fingerprint density at radius 2 is 1.89 bits per heavy atom. The lowest BCUT2D eigenvalue weighted by molar-refractivity contribution is -0.688. The first-order valence-electron chi connectivity index (χ1n) is 5.39. The average molecular weight is 247 g/mol. The summed E-state index contributed by atoms with van der Waals surface area (Å²) in [6, 6.07) is 0. The van der Waals surface area contributed by atoms with Crippen LogP contribution >= 0.6 is 0 Å². The molecule has 0 aromatic carbocycles. The number of imidazole rings is 1. The first kappa shape index (κ1) is 10.5. The van der Waals surface area contributed by atoms with E-state index in [1.54, 1.807) is 0 Å². The molecule has 3 rings (SSSR count). The summed E-state index contributed by atoms with van der Waals surface area (Å²) in [6.45, 7) is 1.38. The number of rotatable bonds is 5. The molecule has 0 aliphatic heterocycles. The highest BCUT2D eigenvalue weighted by Gasteiger charge is 2.08. The third-order valence-corrected chi connectivity index (χ3v) is 2.44. The SMILES string of the molecule is c1c[n+](Cc2nn[nH]n2)cn1CCc1nn[nH]n1. The third-order valence-electron chi connectivity index (χ3n) is 2.44. The normalized spacial score (nSPS) is 10.9. The Balaban J connectivity index is 1.59. The lowest BCUT2D eigenvalue weighted by Crippen LogP contribution is -2.32. The molecule has 2 N–H and O–H groups in total. The number of nitrogens with zero attached hydrogens (tertiary/aromatic N) is 8. The van der Waals surface area contributed by atoms with Crippen LogP contribution in [0.3, 0.4) is 0 Å². The number of aryl methyl sites for hydroxylation is 2. The van der Waals surface area contributed by atoms with E-state index in [0.717, 1.165) is 13.0 Å². The van der Waals surface area contributed by atoms with E-state index in [1.165, 1.54) is 0 Å². The topological polar surface area (TPSA) is 118 Å². The van der Waals surface area contributed by atoms with Gasteiger partial charge in [-0.3, -0.25) is 0 Å². The van der Waals surface area contributed by atoms with Gasteiger partial charge in [0.05, 0.1) is 6.54 Å². The molecule has 0 aliphatic carbocycles. The van der Waals surface area contributed by atoms with Crippen LogP contribution in [0.4, 0.5) is 0 Å². The van der Waals surface area contributed by atoms with Crippen molar-refractivity contribution in [1.29, 1.82) is 0 Å². The zero-order valence-corrected chi connectivity index (χ0v) is 9.43. The quantitative estimate of drug-likeness (QED) is 0.508. The first-order chi connectivity index (χ1) is 8.90. The number of tetrazole rings is 2. The Morgan fingerprint density at radius 1 is 1.11 bits per heavy atom. The van der Waals surface area contributed by atoms with Crippen LogP contribution in [0.1, 0.15) is 11.6 Å². The van der Waals surface area contributed by atoms with Gasteiger partial charge in [-0.25, -0.2) is 9.13 Å². The minimum absolute atomic E-state index is 0.589. The lowest BCUT2D eigenvalue weighted by atomic mass is 10.4. The molecule has 0 radical (unpaired) electrons. The van der Waals surface area contributed by atoms with E-state index in [4.69, 9.17) is 0 Å². The Kier molecular flexibility index (Phi) is 2.74. The van der Waals surface area contributed by atoms with Gasteiger partial charge < -0.3 is 0 Å². The number of H-pyrrole nitrogens is 2. The number of hydrogen-bond acceptors (Lipinski definition) is 6. The van der Waals surface area contributed by atoms with Crippen molar-refractivity contribution >= 4 is 0 Å². The minimum atomic E-state index is 0.589. The number of aromatic amines is 2. The Labute approximate surface area is 101 Å². The van der Waals surface area contributed by atoms with Crippen molar-refractivity contribution in [2.75, 3.05) is 0 Å². The van der Waals surface area contributed by atoms with Gasteiger partial charge in [-0.15, -0.1) is 20.4 Å². The predicted octanol–water partition coefficient (Wildman–Crippen LogP) is -1.91. The van der Waals surface area contributed by atoms with E-state index < -0.39 is 0 Å². The van der Waals surface area contributed by atoms with E-state index in [-0.39, 0.29) is 0 Å². The molecule has 0 spiro atoms. The lowest BCUT2D eigenvalue weighted by Gasteiger charge is -1.92. The van der Waals surface area contributed by atoms with Crippen LogP contribution in [0.2, 0.25) is 0 Å². The summed E-state index contributed by atoms with van der Waals surface area (Å²) in [5.74, 6) is 1.35. The highest BCUT2D eigenvalue weighted by Crippen LogP contribution is 1.92. The number of aromatic nitrogens is 10. The highest BCUT2D eigenvalue weighted by atomic mass is 15.5. The van der Waals surface area contributed by atoms with E-state index in [0.29, 0.717) is 18.2 Å². The molecule has 0 aliphatic rings. The molecular weight excluding hydrogens is 236 g/mol. The maximum absolute atomic E-state index is 3.90. The molecule has 0 saturated carbocycles. The molecule has 0 amide bonds. The van der Waals surface area contributed by atoms with Crippen molar-refractivity contribution in [3.05, 3.63) is 30.4 Å². The van der Waals surface area contributed by atoms with Gasteiger partial charge in [0, 0.05) is 6.42 Å². The fourth-order valence-corrected chi connectivity index (χ4v) is 1.59. The summed E-state index contributed by atoms with van der Waals surface area (Å²) < 4.78 is 4.01. The van der Waals surface area contributed by atoms with Gasteiger partial charge in [-0.05, 0) is 0 Å². The molecule has 10 heteroatoms. The zero-order valence-electron chi connectivity index (χ0n) is 9.43. The average Bonchev–Trinajstić information content (AvgIpc) is 3.09. The summed E-state index contributed by atoms with van der Waals surface area (Å²) in [4.78, 5) is 0. The van der Waals surface area contributed by atoms with Crippen molar-refractivity contribution in [2.45, 2.75) is 19.5 Å². The molecule has 0 bridgehead atoms. The molecule has 0 saturated heterocycles. The smallest absolute Gasteiger partial charge is 0.236 e. The molecule has 3 heterocycles. The Bertz CT molecular complexity index is 579. The van der Waals surface area contributed by atoms with Crippen molar-refractivity contribution in [2.24, 2.45) is 0 Å². The zero-order chi connectivity index (χ0) is 12.2. The summed E-state index contributed by atoms with van der Waals surface area (Å²) in [7, 11) is 0. The maximum atomic E-state index is 3.90. The third kappa shape index (κ3) is 2.36. The van der Waals surface area contributed by atoms with Gasteiger partial charge in [0.15, 0.2) is 12.4 Å². The van der Waals surface area contributed by atoms with Crippen LogP contribution in [0.25, 0.3) is 0 Å². The van der Waals surface area contributed by atoms with Gasteiger partial charge in [-0.2, -0.15) is 10.4 Å². The molecule has 0 atom stereocenters. The van der Waals surface area contributed by atoms with E-state index in [1.807, 2.05) is 27.9 Å². The van der Waals surface area contributed by atoms with Gasteiger partial charge >= 0.3 is 0 Å². The molecular formula is C8H11N10+. The number of nitrogens with one attached hydrogen (secondary N) is 2. The summed E-state index contributed by atoms with van der Waals surface area (Å²) >= 11 is 0. The summed E-state index contributed by atoms with van der Waals surface area (Å²) in [5, 5.41) is 27.5. The van der Waals surface area contributed by atoms with Crippen LogP contribution < -0.4 is 4.57 Å². The van der Waals surface area contributed by atoms with Crippen LogP contribution in [0, 0.1) is 0 Å². The fourth-order valence-electron chi connectivity index (χ4n) is 1.59. The molecule has 92 valence electrons. The molecule has 3 aromatic heterocycles. The Morgan fingerprint density at radius 3 is 2.61 bits per heavy atom. The second kappa shape index (κ2) is 4.69. The van der Waals surface area contributed by atoms with Crippen LogP contribution in [0.15, 0.2) is 18.7 Å². The predicted molar refractivity (Wildman–Crippen MR) is 55.8 cm³/mol. The van der Waals surface area contributed by atoms with Crippen LogP contribution in [-0.2, 0) is 19.5 Å². The van der Waals surface area contributed by atoms with Gasteiger partial charge in [0.1, 0.15) is 12.4 Å². The molecule has 10 nitrogen and oxygen atoms in total. The number of hydrogen-bond donors (Lipinski definition) is 2. The van der Waals surface area contributed by atoms with Crippen molar-refractivity contribution in [3.8, 4) is 0 Å². The van der Waals surface area contributed by atoms with Crippen molar-refractivity contribution in [3.63, 3.8) is 0 Å². The largest absolute Gasteiger partial charge is 0.244 e. The van der Waals surface area contributed by atoms with Crippen LogP contribution in [0.5, 0.6) is 0 Å². The molecule has 0 unspecified atom stereocenters. The summed E-state index contributed by atoms with van der Waals surface area (Å²) in [5.41, 5.74) is 0. The molecule has 18 heavy (non-hydrogen) atoms. The van der Waals surface area contributed by atoms with Gasteiger partial charge in [0.2, 0.25) is 12.2 Å². The van der Waals surface area contributed by atoms with Gasteiger partial charge in [-0.1, -0.05) is 10.4 Å². The van der Waals surface area contributed by atoms with Crippen molar-refractivity contribution < 1.29 is 4.57 Å². The van der Waals surface area contributed by atoms with E-state index >= 15 is 0 Å². The monoisotopic (exact) mass is 247 g/mol. The highest BCUT2D eigenvalue weighted by molar-refractivity contribution is 4.78. The molecule has 0 fully saturated rings. The first-order valence-corrected chi connectivity index (χ1v) is 5.39. The summed E-state index contributed by atoms with van der Waals surface area (Å²) in [6.07, 6.45) is 6.62. The van der Waals surface area contributed by atoms with E-state index in [2.05, 4.69) is 41.2 Å². The fraction of sp³-hybridized carbons (Fsp3) is 0.375. The Hall–Kier alpha value is -2.65.